The van der Waals surface area contributed by atoms with Crippen molar-refractivity contribution in [3.8, 4) is 0 Å². The molecule has 0 fully saturated rings. The minimum Gasteiger partial charge on any atom is -0.330 e. The Morgan fingerprint density at radius 3 is 2.59 bits per heavy atom. The Labute approximate surface area is 106 Å². The Hall–Kier alpha value is -1.26. The Morgan fingerprint density at radius 2 is 1.88 bits per heavy atom. The van der Waals surface area contributed by atoms with Crippen LogP contribution in [0.4, 0.5) is 0 Å². The van der Waals surface area contributed by atoms with Gasteiger partial charge in [0.2, 0.25) is 0 Å². The van der Waals surface area contributed by atoms with Gasteiger partial charge in [0.25, 0.3) is 0 Å². The van der Waals surface area contributed by atoms with Crippen molar-refractivity contribution >= 4 is 11.3 Å². The third-order valence-corrected chi connectivity index (χ3v) is 3.62. The van der Waals surface area contributed by atoms with Gasteiger partial charge in [0.1, 0.15) is 10.0 Å². The molecule has 0 saturated carbocycles. The van der Waals surface area contributed by atoms with Crippen LogP contribution in [0.5, 0.6) is 0 Å². The smallest absolute Gasteiger partial charge is 0.118 e. The van der Waals surface area contributed by atoms with Crippen LogP contribution in [0.3, 0.4) is 0 Å². The SMILES string of the molecule is Cc1cccc(CCc2nnc(CCN)s2)c1. The zero-order valence-electron chi connectivity index (χ0n) is 10.0. The van der Waals surface area contributed by atoms with Crippen LogP contribution in [-0.4, -0.2) is 16.7 Å². The second kappa shape index (κ2) is 5.89. The van der Waals surface area contributed by atoms with Crippen molar-refractivity contribution in [3.05, 3.63) is 45.4 Å². The lowest BCUT2D eigenvalue weighted by molar-refractivity contribution is 0.870. The molecule has 0 aliphatic heterocycles. The van der Waals surface area contributed by atoms with Gasteiger partial charge in [-0.3, -0.25) is 0 Å². The Bertz CT molecular complexity index is 479. The van der Waals surface area contributed by atoms with Crippen molar-refractivity contribution in [1.29, 1.82) is 0 Å². The molecule has 0 saturated heterocycles. The highest BCUT2D eigenvalue weighted by Crippen LogP contribution is 2.13. The van der Waals surface area contributed by atoms with E-state index >= 15 is 0 Å². The lowest BCUT2D eigenvalue weighted by Crippen LogP contribution is -2.01. The van der Waals surface area contributed by atoms with Gasteiger partial charge < -0.3 is 5.73 Å². The number of hydrogen-bond acceptors (Lipinski definition) is 4. The highest BCUT2D eigenvalue weighted by atomic mass is 32.1. The van der Waals surface area contributed by atoms with E-state index in [2.05, 4.69) is 41.4 Å². The lowest BCUT2D eigenvalue weighted by Gasteiger charge is -1.99. The van der Waals surface area contributed by atoms with Gasteiger partial charge >= 0.3 is 0 Å². The first-order valence-electron chi connectivity index (χ1n) is 5.85. The minimum absolute atomic E-state index is 0.645. The summed E-state index contributed by atoms with van der Waals surface area (Å²) < 4.78 is 0. The molecule has 90 valence electrons. The summed E-state index contributed by atoms with van der Waals surface area (Å²) in [4.78, 5) is 0. The molecule has 3 nitrogen and oxygen atoms in total. The number of rotatable bonds is 5. The molecule has 0 spiro atoms. The van der Waals surface area contributed by atoms with Gasteiger partial charge in [-0.15, -0.1) is 21.5 Å². The molecule has 2 aromatic rings. The van der Waals surface area contributed by atoms with E-state index < -0.39 is 0 Å². The number of benzene rings is 1. The Balaban J connectivity index is 1.93. The number of nitrogens with two attached hydrogens (primary N) is 1. The van der Waals surface area contributed by atoms with Gasteiger partial charge in [-0.2, -0.15) is 0 Å². The van der Waals surface area contributed by atoms with E-state index in [0.29, 0.717) is 6.54 Å². The number of hydrogen-bond donors (Lipinski definition) is 1. The summed E-state index contributed by atoms with van der Waals surface area (Å²) in [6.45, 7) is 2.76. The maximum Gasteiger partial charge on any atom is 0.118 e. The average molecular weight is 247 g/mol. The van der Waals surface area contributed by atoms with E-state index in [1.54, 1.807) is 11.3 Å². The monoisotopic (exact) mass is 247 g/mol. The van der Waals surface area contributed by atoms with Crippen LogP contribution in [0.2, 0.25) is 0 Å². The molecule has 1 aromatic carbocycles. The molecule has 0 amide bonds. The molecule has 0 bridgehead atoms. The van der Waals surface area contributed by atoms with E-state index in [1.165, 1.54) is 11.1 Å². The number of nitrogens with zero attached hydrogens (tertiary/aromatic N) is 2. The van der Waals surface area contributed by atoms with Crippen LogP contribution in [0.25, 0.3) is 0 Å². The summed E-state index contributed by atoms with van der Waals surface area (Å²) in [6.07, 6.45) is 2.83. The molecule has 0 aliphatic rings. The van der Waals surface area contributed by atoms with Crippen molar-refractivity contribution in [3.63, 3.8) is 0 Å². The normalized spacial score (nSPS) is 10.7. The molecule has 0 unspecified atom stereocenters. The maximum atomic E-state index is 5.49. The third-order valence-electron chi connectivity index (χ3n) is 2.58. The van der Waals surface area contributed by atoms with E-state index in [0.717, 1.165) is 29.3 Å². The van der Waals surface area contributed by atoms with Crippen LogP contribution in [0.15, 0.2) is 24.3 Å². The standard InChI is InChI=1S/C13H17N3S/c1-10-3-2-4-11(9-10)5-6-12-15-16-13(17-12)7-8-14/h2-4,9H,5-8,14H2,1H3. The maximum absolute atomic E-state index is 5.49. The zero-order chi connectivity index (χ0) is 12.1. The van der Waals surface area contributed by atoms with Crippen molar-refractivity contribution in [2.45, 2.75) is 26.2 Å². The fourth-order valence-corrected chi connectivity index (χ4v) is 2.59. The first-order chi connectivity index (χ1) is 8.28. The van der Waals surface area contributed by atoms with Crippen LogP contribution in [-0.2, 0) is 19.3 Å². The first-order valence-corrected chi connectivity index (χ1v) is 6.66. The van der Waals surface area contributed by atoms with Crippen molar-refractivity contribution in [1.82, 2.24) is 10.2 Å². The van der Waals surface area contributed by atoms with Gasteiger partial charge in [0.15, 0.2) is 0 Å². The van der Waals surface area contributed by atoms with Crippen molar-refractivity contribution in [2.75, 3.05) is 6.54 Å². The largest absolute Gasteiger partial charge is 0.330 e. The van der Waals surface area contributed by atoms with Gasteiger partial charge in [-0.25, -0.2) is 0 Å². The second-order valence-electron chi connectivity index (χ2n) is 4.12. The summed E-state index contributed by atoms with van der Waals surface area (Å²) in [5.41, 5.74) is 8.16. The van der Waals surface area contributed by atoms with Crippen LogP contribution < -0.4 is 5.73 Å². The summed E-state index contributed by atoms with van der Waals surface area (Å²) in [6, 6.07) is 8.61. The van der Waals surface area contributed by atoms with Gasteiger partial charge in [-0.05, 0) is 25.5 Å². The quantitative estimate of drug-likeness (QED) is 0.880. The van der Waals surface area contributed by atoms with Crippen molar-refractivity contribution < 1.29 is 0 Å². The summed E-state index contributed by atoms with van der Waals surface area (Å²) in [5.74, 6) is 0. The van der Waals surface area contributed by atoms with E-state index in [-0.39, 0.29) is 0 Å². The van der Waals surface area contributed by atoms with Crippen LogP contribution in [0.1, 0.15) is 21.1 Å². The molecule has 2 N–H and O–H groups in total. The van der Waals surface area contributed by atoms with E-state index in [1.807, 2.05) is 0 Å². The minimum atomic E-state index is 0.645. The molecule has 0 atom stereocenters. The molecule has 2 rings (SSSR count). The zero-order valence-corrected chi connectivity index (χ0v) is 10.8. The van der Waals surface area contributed by atoms with E-state index in [9.17, 15) is 0 Å². The van der Waals surface area contributed by atoms with Gasteiger partial charge in [0.05, 0.1) is 0 Å². The lowest BCUT2D eigenvalue weighted by atomic mass is 10.1. The summed E-state index contributed by atoms with van der Waals surface area (Å²) in [5, 5.41) is 10.5. The Kier molecular flexibility index (Phi) is 4.23. The van der Waals surface area contributed by atoms with Crippen molar-refractivity contribution in [2.24, 2.45) is 5.73 Å². The predicted octanol–water partition coefficient (Wildman–Crippen LogP) is 2.13. The summed E-state index contributed by atoms with van der Waals surface area (Å²) >= 11 is 1.68. The molecule has 1 aromatic heterocycles. The van der Waals surface area contributed by atoms with Crippen LogP contribution >= 0.6 is 11.3 Å². The average Bonchev–Trinajstić information content (AvgIpc) is 2.75. The number of aryl methyl sites for hydroxylation is 3. The molecular weight excluding hydrogens is 230 g/mol. The molecular formula is C13H17N3S. The highest BCUT2D eigenvalue weighted by Gasteiger charge is 2.03. The molecule has 0 aliphatic carbocycles. The highest BCUT2D eigenvalue weighted by molar-refractivity contribution is 7.11. The third kappa shape index (κ3) is 3.61. The fraction of sp³-hybridized carbons (Fsp3) is 0.385. The summed E-state index contributed by atoms with van der Waals surface area (Å²) in [7, 11) is 0. The first kappa shape index (κ1) is 12.2. The van der Waals surface area contributed by atoms with Gasteiger partial charge in [0, 0.05) is 12.8 Å². The second-order valence-corrected chi connectivity index (χ2v) is 5.26. The molecule has 0 radical (unpaired) electrons. The predicted molar refractivity (Wildman–Crippen MR) is 71.3 cm³/mol. The van der Waals surface area contributed by atoms with E-state index in [4.69, 9.17) is 5.73 Å². The molecule has 4 heteroatoms. The fourth-order valence-electron chi connectivity index (χ4n) is 1.73. The Morgan fingerprint density at radius 1 is 1.12 bits per heavy atom. The van der Waals surface area contributed by atoms with Gasteiger partial charge in [-0.1, -0.05) is 29.8 Å². The van der Waals surface area contributed by atoms with Crippen LogP contribution in [0, 0.1) is 6.92 Å². The topological polar surface area (TPSA) is 51.8 Å². The number of aromatic nitrogens is 2. The molecule has 17 heavy (non-hydrogen) atoms. The molecule has 1 heterocycles.